The van der Waals surface area contributed by atoms with E-state index in [0.717, 1.165) is 26.1 Å². The second-order valence-electron chi connectivity index (χ2n) is 5.52. The maximum Gasteiger partial charge on any atom is 0.0457 e. The van der Waals surface area contributed by atoms with Crippen molar-refractivity contribution in [3.63, 3.8) is 0 Å². The zero-order chi connectivity index (χ0) is 12.5. The lowest BCUT2D eigenvalue weighted by Crippen LogP contribution is -2.45. The second kappa shape index (κ2) is 4.75. The summed E-state index contributed by atoms with van der Waals surface area (Å²) in [5, 5.41) is 1.35. The molecule has 2 atom stereocenters. The van der Waals surface area contributed by atoms with Crippen molar-refractivity contribution < 1.29 is 0 Å². The Bertz CT molecular complexity index is 531. The third kappa shape index (κ3) is 2.16. The molecule has 1 aliphatic heterocycles. The topological polar surface area (TPSA) is 45.0 Å². The van der Waals surface area contributed by atoms with Gasteiger partial charge in [0.25, 0.3) is 0 Å². The Hall–Kier alpha value is -1.32. The molecule has 1 aliphatic rings. The van der Waals surface area contributed by atoms with E-state index in [2.05, 4.69) is 47.3 Å². The molecule has 0 spiro atoms. The van der Waals surface area contributed by atoms with Crippen LogP contribution in [0.1, 0.15) is 18.9 Å². The molecule has 0 bridgehead atoms. The van der Waals surface area contributed by atoms with Gasteiger partial charge in [0.2, 0.25) is 0 Å². The Balaban J connectivity index is 1.76. The first-order valence-corrected chi connectivity index (χ1v) is 6.77. The highest BCUT2D eigenvalue weighted by Crippen LogP contribution is 2.22. The van der Waals surface area contributed by atoms with Gasteiger partial charge in [0.1, 0.15) is 0 Å². The van der Waals surface area contributed by atoms with Gasteiger partial charge in [-0.2, -0.15) is 0 Å². The third-order valence-corrected chi connectivity index (χ3v) is 4.12. The molecule has 3 nitrogen and oxygen atoms in total. The van der Waals surface area contributed by atoms with Crippen molar-refractivity contribution in [2.45, 2.75) is 25.9 Å². The maximum absolute atomic E-state index is 6.07. The summed E-state index contributed by atoms with van der Waals surface area (Å²) in [6.45, 7) is 5.51. The number of hydrogen-bond acceptors (Lipinski definition) is 2. The number of aromatic nitrogens is 1. The fourth-order valence-electron chi connectivity index (χ4n) is 2.90. The number of benzene rings is 1. The van der Waals surface area contributed by atoms with Crippen LogP contribution < -0.4 is 5.73 Å². The van der Waals surface area contributed by atoms with E-state index >= 15 is 0 Å². The molecule has 3 N–H and O–H groups in total. The molecule has 1 aromatic carbocycles. The van der Waals surface area contributed by atoms with Crippen molar-refractivity contribution in [1.29, 1.82) is 0 Å². The van der Waals surface area contributed by atoms with Gasteiger partial charge >= 0.3 is 0 Å². The normalized spacial score (nSPS) is 25.7. The number of fused-ring (bicyclic) bond motifs is 1. The molecule has 3 heteroatoms. The third-order valence-electron chi connectivity index (χ3n) is 4.12. The summed E-state index contributed by atoms with van der Waals surface area (Å²) in [7, 11) is 0. The van der Waals surface area contributed by atoms with Crippen molar-refractivity contribution in [3.05, 3.63) is 36.0 Å². The quantitative estimate of drug-likeness (QED) is 0.850. The molecule has 0 saturated carbocycles. The van der Waals surface area contributed by atoms with E-state index in [9.17, 15) is 0 Å². The summed E-state index contributed by atoms with van der Waals surface area (Å²) in [4.78, 5) is 5.86. The maximum atomic E-state index is 6.07. The van der Waals surface area contributed by atoms with Gasteiger partial charge in [0.15, 0.2) is 0 Å². The van der Waals surface area contributed by atoms with Crippen molar-refractivity contribution in [3.8, 4) is 0 Å². The van der Waals surface area contributed by atoms with Crippen LogP contribution in [-0.4, -0.2) is 29.0 Å². The van der Waals surface area contributed by atoms with Crippen LogP contribution in [0.5, 0.6) is 0 Å². The second-order valence-corrected chi connectivity index (χ2v) is 5.52. The number of hydrogen-bond donors (Lipinski definition) is 2. The van der Waals surface area contributed by atoms with Crippen LogP contribution in [0.3, 0.4) is 0 Å². The van der Waals surface area contributed by atoms with Gasteiger partial charge in [-0.1, -0.05) is 25.1 Å². The van der Waals surface area contributed by atoms with Crippen molar-refractivity contribution in [1.82, 2.24) is 9.88 Å². The Morgan fingerprint density at radius 1 is 1.39 bits per heavy atom. The van der Waals surface area contributed by atoms with Crippen molar-refractivity contribution in [2.75, 3.05) is 13.1 Å². The van der Waals surface area contributed by atoms with Crippen LogP contribution in [0.25, 0.3) is 10.9 Å². The number of piperidine rings is 1. The van der Waals surface area contributed by atoms with Crippen LogP contribution in [0.15, 0.2) is 30.5 Å². The zero-order valence-corrected chi connectivity index (χ0v) is 10.9. The standard InChI is InChI=1S/C15H21N3/c1-11-9-18(7-6-14(11)16)10-12-8-17-15-5-3-2-4-13(12)15/h2-5,8,11,14,17H,6-7,9-10,16H2,1H3. The average molecular weight is 243 g/mol. The highest BCUT2D eigenvalue weighted by Gasteiger charge is 2.23. The van der Waals surface area contributed by atoms with Gasteiger partial charge in [-0.15, -0.1) is 0 Å². The SMILES string of the molecule is CC1CN(Cc2c[nH]c3ccccc23)CCC1N. The lowest BCUT2D eigenvalue weighted by Gasteiger charge is -2.34. The van der Waals surface area contributed by atoms with Gasteiger partial charge in [0, 0.05) is 36.2 Å². The van der Waals surface area contributed by atoms with Crippen LogP contribution in [-0.2, 0) is 6.54 Å². The zero-order valence-electron chi connectivity index (χ0n) is 10.9. The first-order chi connectivity index (χ1) is 8.74. The molecule has 0 amide bonds. The van der Waals surface area contributed by atoms with E-state index in [-0.39, 0.29) is 0 Å². The predicted octanol–water partition coefficient (Wildman–Crippen LogP) is 2.34. The summed E-state index contributed by atoms with van der Waals surface area (Å²) in [5.41, 5.74) is 8.70. The molecule has 18 heavy (non-hydrogen) atoms. The molecule has 1 saturated heterocycles. The van der Waals surface area contributed by atoms with Gasteiger partial charge in [-0.25, -0.2) is 0 Å². The number of nitrogens with zero attached hydrogens (tertiary/aromatic N) is 1. The Kier molecular flexibility index (Phi) is 3.10. The minimum absolute atomic E-state index is 0.379. The van der Waals surface area contributed by atoms with Crippen LogP contribution in [0.2, 0.25) is 0 Å². The number of rotatable bonds is 2. The lowest BCUT2D eigenvalue weighted by atomic mass is 9.94. The molecule has 0 aliphatic carbocycles. The van der Waals surface area contributed by atoms with E-state index in [4.69, 9.17) is 5.73 Å². The molecule has 3 rings (SSSR count). The fraction of sp³-hybridized carbons (Fsp3) is 0.467. The van der Waals surface area contributed by atoms with Crippen molar-refractivity contribution in [2.24, 2.45) is 11.7 Å². The van der Waals surface area contributed by atoms with Gasteiger partial charge in [-0.05, 0) is 30.5 Å². The minimum Gasteiger partial charge on any atom is -0.361 e. The van der Waals surface area contributed by atoms with Crippen molar-refractivity contribution >= 4 is 10.9 Å². The number of para-hydroxylation sites is 1. The number of nitrogens with one attached hydrogen (secondary N) is 1. The van der Waals surface area contributed by atoms with Gasteiger partial charge in [0.05, 0.1) is 0 Å². The summed E-state index contributed by atoms with van der Waals surface area (Å²) in [6, 6.07) is 8.89. The largest absolute Gasteiger partial charge is 0.361 e. The van der Waals surface area contributed by atoms with Crippen LogP contribution >= 0.6 is 0 Å². The molecule has 0 radical (unpaired) electrons. The van der Waals surface area contributed by atoms with E-state index < -0.39 is 0 Å². The van der Waals surface area contributed by atoms with Gasteiger partial charge in [-0.3, -0.25) is 4.90 Å². The molecule has 2 unspecified atom stereocenters. The fourth-order valence-corrected chi connectivity index (χ4v) is 2.90. The number of likely N-dealkylation sites (tertiary alicyclic amines) is 1. The molecule has 1 fully saturated rings. The summed E-state index contributed by atoms with van der Waals surface area (Å²) in [5.74, 6) is 0.601. The smallest absolute Gasteiger partial charge is 0.0457 e. The Morgan fingerprint density at radius 3 is 3.06 bits per heavy atom. The monoisotopic (exact) mass is 243 g/mol. The Morgan fingerprint density at radius 2 is 2.22 bits per heavy atom. The molecular formula is C15H21N3. The van der Waals surface area contributed by atoms with E-state index in [1.54, 1.807) is 0 Å². The first kappa shape index (κ1) is 11.8. The van der Waals surface area contributed by atoms with E-state index in [1.807, 2.05) is 0 Å². The predicted molar refractivity (Wildman–Crippen MR) is 75.3 cm³/mol. The summed E-state index contributed by atoms with van der Waals surface area (Å²) in [6.07, 6.45) is 3.26. The number of H-pyrrole nitrogens is 1. The molecule has 2 aromatic rings. The highest BCUT2D eigenvalue weighted by atomic mass is 15.1. The number of aromatic amines is 1. The van der Waals surface area contributed by atoms with E-state index in [0.29, 0.717) is 12.0 Å². The molecule has 2 heterocycles. The summed E-state index contributed by atoms with van der Waals surface area (Å²) >= 11 is 0. The first-order valence-electron chi connectivity index (χ1n) is 6.77. The summed E-state index contributed by atoms with van der Waals surface area (Å²) < 4.78 is 0. The van der Waals surface area contributed by atoms with Crippen LogP contribution in [0, 0.1) is 5.92 Å². The number of nitrogens with two attached hydrogens (primary N) is 1. The highest BCUT2D eigenvalue weighted by molar-refractivity contribution is 5.82. The molecule has 1 aromatic heterocycles. The van der Waals surface area contributed by atoms with Crippen LogP contribution in [0.4, 0.5) is 0 Å². The Labute approximate surface area is 108 Å². The lowest BCUT2D eigenvalue weighted by molar-refractivity contribution is 0.158. The van der Waals surface area contributed by atoms with E-state index in [1.165, 1.54) is 16.5 Å². The average Bonchev–Trinajstić information content (AvgIpc) is 2.78. The molecular weight excluding hydrogens is 222 g/mol. The molecule has 96 valence electrons. The van der Waals surface area contributed by atoms with Gasteiger partial charge < -0.3 is 10.7 Å². The minimum atomic E-state index is 0.379.